The van der Waals surface area contributed by atoms with Gasteiger partial charge in [0.25, 0.3) is 0 Å². The molecule has 0 spiro atoms. The Labute approximate surface area is 200 Å². The Balaban J connectivity index is 2.10. The standard InChI is InChI=1S/C26H24N2O5S/c1-3-32-25(30)21-19(27)18(15-16-11-7-5-8-12-16)20-23(26(31)33-4-2)34-22(24(29)28(20)21)17-13-9-6-10-14-17/h5-15,22H,3-4,27H2,1-2H3/b18-15+/t22-/m0/s1. The van der Waals surface area contributed by atoms with Crippen molar-refractivity contribution in [3.05, 3.63) is 88.1 Å². The van der Waals surface area contributed by atoms with Gasteiger partial charge in [0.1, 0.15) is 10.2 Å². The summed E-state index contributed by atoms with van der Waals surface area (Å²) in [5, 5.41) is -0.132. The van der Waals surface area contributed by atoms with E-state index in [9.17, 15) is 14.4 Å². The van der Waals surface area contributed by atoms with Crippen LogP contribution in [0.3, 0.4) is 0 Å². The molecule has 8 heteroatoms. The molecule has 174 valence electrons. The number of thioether (sulfide) groups is 1. The zero-order chi connectivity index (χ0) is 24.2. The van der Waals surface area contributed by atoms with Crippen molar-refractivity contribution in [1.29, 1.82) is 0 Å². The Morgan fingerprint density at radius 3 is 2.18 bits per heavy atom. The lowest BCUT2D eigenvalue weighted by molar-refractivity contribution is -0.135. The molecule has 0 aliphatic carbocycles. The average molecular weight is 477 g/mol. The molecule has 0 radical (unpaired) electrons. The SMILES string of the molecule is CCOC(=O)C1=c2/c(=C/c3ccccc3)c(N)c(C(=O)OCC)n2C(=O)[C@H](c2ccccc2)S1. The number of benzene rings is 2. The summed E-state index contributed by atoms with van der Waals surface area (Å²) >= 11 is 1.10. The Kier molecular flexibility index (Phi) is 6.88. The first-order valence-corrected chi connectivity index (χ1v) is 11.8. The summed E-state index contributed by atoms with van der Waals surface area (Å²) in [4.78, 5) is 40.1. The van der Waals surface area contributed by atoms with E-state index in [0.717, 1.165) is 17.3 Å². The second kappa shape index (κ2) is 10.0. The number of anilines is 1. The van der Waals surface area contributed by atoms with Gasteiger partial charge in [-0.1, -0.05) is 72.4 Å². The van der Waals surface area contributed by atoms with Crippen molar-refractivity contribution in [3.8, 4) is 0 Å². The lowest BCUT2D eigenvalue weighted by atomic mass is 10.1. The molecule has 0 fully saturated rings. The minimum absolute atomic E-state index is 0.0711. The zero-order valence-electron chi connectivity index (χ0n) is 18.8. The Morgan fingerprint density at radius 2 is 1.56 bits per heavy atom. The van der Waals surface area contributed by atoms with E-state index in [-0.39, 0.29) is 40.8 Å². The van der Waals surface area contributed by atoms with E-state index >= 15 is 0 Å². The summed E-state index contributed by atoms with van der Waals surface area (Å²) in [6.45, 7) is 3.65. The van der Waals surface area contributed by atoms with Crippen molar-refractivity contribution in [2.45, 2.75) is 19.1 Å². The van der Waals surface area contributed by atoms with Gasteiger partial charge in [-0.3, -0.25) is 9.36 Å². The van der Waals surface area contributed by atoms with Crippen LogP contribution in [0, 0.1) is 0 Å². The summed E-state index contributed by atoms with van der Waals surface area (Å²) in [5.41, 5.74) is 7.94. The molecular weight excluding hydrogens is 452 g/mol. The number of nitrogens with two attached hydrogens (primary N) is 1. The van der Waals surface area contributed by atoms with E-state index < -0.39 is 17.2 Å². The first kappa shape index (κ1) is 23.4. The predicted octanol–water partition coefficient (Wildman–Crippen LogP) is 2.88. The highest BCUT2D eigenvalue weighted by Gasteiger charge is 2.38. The van der Waals surface area contributed by atoms with Gasteiger partial charge in [-0.15, -0.1) is 0 Å². The quantitative estimate of drug-likeness (QED) is 0.546. The number of carbonyl (C=O) groups excluding carboxylic acids is 3. The number of carbonyl (C=O) groups is 3. The van der Waals surface area contributed by atoms with Gasteiger partial charge in [0.05, 0.1) is 24.3 Å². The molecule has 1 atom stereocenters. The van der Waals surface area contributed by atoms with Crippen molar-refractivity contribution in [2.24, 2.45) is 0 Å². The monoisotopic (exact) mass is 476 g/mol. The van der Waals surface area contributed by atoms with Crippen LogP contribution in [0.4, 0.5) is 5.69 Å². The number of fused-ring (bicyclic) bond motifs is 1. The summed E-state index contributed by atoms with van der Waals surface area (Å²) in [6.07, 6.45) is 1.75. The van der Waals surface area contributed by atoms with E-state index in [1.807, 2.05) is 48.5 Å². The second-order valence-electron chi connectivity index (χ2n) is 7.43. The minimum Gasteiger partial charge on any atom is -0.462 e. The average Bonchev–Trinajstić information content (AvgIpc) is 3.13. The summed E-state index contributed by atoms with van der Waals surface area (Å²) in [5.74, 6) is -1.70. The van der Waals surface area contributed by atoms with Gasteiger partial charge in [-0.2, -0.15) is 0 Å². The third-order valence-electron chi connectivity index (χ3n) is 5.29. The van der Waals surface area contributed by atoms with Crippen LogP contribution in [0.15, 0.2) is 60.7 Å². The van der Waals surface area contributed by atoms with Crippen LogP contribution in [0.5, 0.6) is 0 Å². The first-order valence-electron chi connectivity index (χ1n) is 10.9. The molecule has 1 aliphatic rings. The molecule has 1 aromatic heterocycles. The van der Waals surface area contributed by atoms with Crippen LogP contribution in [0.2, 0.25) is 0 Å². The van der Waals surface area contributed by atoms with Crippen LogP contribution in [-0.4, -0.2) is 35.6 Å². The molecule has 2 heterocycles. The Bertz CT molecular complexity index is 1360. The summed E-state index contributed by atoms with van der Waals surface area (Å²) < 4.78 is 11.8. The molecule has 4 rings (SSSR count). The third-order valence-corrected chi connectivity index (χ3v) is 6.59. The van der Waals surface area contributed by atoms with Crippen molar-refractivity contribution in [2.75, 3.05) is 18.9 Å². The number of aromatic nitrogens is 1. The number of nitrogens with zero attached hydrogens (tertiary/aromatic N) is 1. The molecular formula is C26H24N2O5S. The van der Waals surface area contributed by atoms with Crippen molar-refractivity contribution >= 4 is 46.3 Å². The molecule has 34 heavy (non-hydrogen) atoms. The highest BCUT2D eigenvalue weighted by atomic mass is 32.2. The normalized spacial score (nSPS) is 15.7. The highest BCUT2D eigenvalue weighted by molar-refractivity contribution is 8.10. The van der Waals surface area contributed by atoms with Crippen LogP contribution < -0.4 is 16.3 Å². The smallest absolute Gasteiger partial charge is 0.357 e. The highest BCUT2D eigenvalue weighted by Crippen LogP contribution is 2.39. The second-order valence-corrected chi connectivity index (χ2v) is 8.55. The fraction of sp³-hybridized carbons (Fsp3) is 0.192. The van der Waals surface area contributed by atoms with Crippen LogP contribution in [-0.2, 0) is 14.3 Å². The van der Waals surface area contributed by atoms with Crippen LogP contribution >= 0.6 is 11.8 Å². The predicted molar refractivity (Wildman–Crippen MR) is 132 cm³/mol. The fourth-order valence-corrected chi connectivity index (χ4v) is 5.04. The minimum atomic E-state index is -0.766. The molecule has 0 amide bonds. The number of hydrogen-bond donors (Lipinski definition) is 1. The largest absolute Gasteiger partial charge is 0.462 e. The maximum atomic E-state index is 13.8. The van der Waals surface area contributed by atoms with Gasteiger partial charge in [0.15, 0.2) is 5.69 Å². The molecule has 2 N–H and O–H groups in total. The molecule has 0 bridgehead atoms. The lowest BCUT2D eigenvalue weighted by Gasteiger charge is -2.23. The summed E-state index contributed by atoms with van der Waals surface area (Å²) in [6, 6.07) is 18.4. The van der Waals surface area contributed by atoms with E-state index in [1.54, 1.807) is 32.1 Å². The van der Waals surface area contributed by atoms with E-state index in [2.05, 4.69) is 0 Å². The van der Waals surface area contributed by atoms with Crippen molar-refractivity contribution < 1.29 is 23.9 Å². The van der Waals surface area contributed by atoms with Gasteiger partial charge in [-0.05, 0) is 31.1 Å². The number of nitrogen functional groups attached to an aromatic ring is 1. The maximum absolute atomic E-state index is 13.8. The van der Waals surface area contributed by atoms with Gasteiger partial charge < -0.3 is 15.2 Å². The Morgan fingerprint density at radius 1 is 0.971 bits per heavy atom. The molecule has 3 aromatic rings. The number of esters is 2. The number of rotatable bonds is 6. The van der Waals surface area contributed by atoms with E-state index in [1.165, 1.54) is 4.57 Å². The maximum Gasteiger partial charge on any atom is 0.357 e. The molecule has 1 aliphatic heterocycles. The summed E-state index contributed by atoms with van der Waals surface area (Å²) in [7, 11) is 0. The van der Waals surface area contributed by atoms with Gasteiger partial charge in [0.2, 0.25) is 5.91 Å². The van der Waals surface area contributed by atoms with Crippen molar-refractivity contribution in [3.63, 3.8) is 0 Å². The zero-order valence-corrected chi connectivity index (χ0v) is 19.6. The van der Waals surface area contributed by atoms with Gasteiger partial charge in [-0.25, -0.2) is 9.59 Å². The molecule has 0 saturated heterocycles. The van der Waals surface area contributed by atoms with Gasteiger partial charge >= 0.3 is 11.9 Å². The fourth-order valence-electron chi connectivity index (χ4n) is 3.84. The molecule has 7 nitrogen and oxygen atoms in total. The van der Waals surface area contributed by atoms with Gasteiger partial charge in [0, 0.05) is 5.22 Å². The lowest BCUT2D eigenvalue weighted by Crippen LogP contribution is -2.42. The van der Waals surface area contributed by atoms with E-state index in [0.29, 0.717) is 10.8 Å². The molecule has 0 saturated carbocycles. The Hall–Kier alpha value is -3.78. The van der Waals surface area contributed by atoms with Crippen LogP contribution in [0.1, 0.15) is 45.5 Å². The van der Waals surface area contributed by atoms with Crippen molar-refractivity contribution in [1.82, 2.24) is 4.57 Å². The third kappa shape index (κ3) is 4.24. The van der Waals surface area contributed by atoms with E-state index in [4.69, 9.17) is 15.2 Å². The first-order chi connectivity index (χ1) is 16.5. The number of ether oxygens (including phenoxy) is 2. The van der Waals surface area contributed by atoms with Crippen LogP contribution in [0.25, 0.3) is 11.0 Å². The topological polar surface area (TPSA) is 101 Å². The molecule has 2 aromatic carbocycles. The molecule has 0 unspecified atom stereocenters. The number of hydrogen-bond acceptors (Lipinski definition) is 7.